The van der Waals surface area contributed by atoms with E-state index in [0.717, 1.165) is 28.6 Å². The van der Waals surface area contributed by atoms with Crippen molar-refractivity contribution in [2.45, 2.75) is 27.2 Å². The molecule has 0 saturated carbocycles. The number of aromatic nitrogens is 4. The van der Waals surface area contributed by atoms with Crippen molar-refractivity contribution in [3.8, 4) is 0 Å². The summed E-state index contributed by atoms with van der Waals surface area (Å²) in [5, 5.41) is 2.95. The van der Waals surface area contributed by atoms with E-state index in [1.54, 1.807) is 0 Å². The zero-order valence-electron chi connectivity index (χ0n) is 11.2. The van der Waals surface area contributed by atoms with E-state index in [0.29, 0.717) is 12.4 Å². The number of rotatable bonds is 3. The summed E-state index contributed by atoms with van der Waals surface area (Å²) in [5.74, 6) is 1.43. The van der Waals surface area contributed by atoms with E-state index >= 15 is 0 Å². The highest BCUT2D eigenvalue weighted by molar-refractivity contribution is 5.28. The summed E-state index contributed by atoms with van der Waals surface area (Å²) in [6.07, 6.45) is 0.626. The molecule has 94 valence electrons. The van der Waals surface area contributed by atoms with Crippen LogP contribution in [0.2, 0.25) is 0 Å². The molecule has 18 heavy (non-hydrogen) atoms. The summed E-state index contributed by atoms with van der Waals surface area (Å²) in [7, 11) is 1.81. The molecule has 0 aromatic carbocycles. The molecule has 0 unspecified atom stereocenters. The van der Waals surface area contributed by atoms with E-state index in [4.69, 9.17) is 0 Å². The van der Waals surface area contributed by atoms with E-state index in [-0.39, 0.29) is 0 Å². The first-order chi connectivity index (χ1) is 8.56. The molecule has 2 rings (SSSR count). The summed E-state index contributed by atoms with van der Waals surface area (Å²) >= 11 is 0. The molecule has 0 bridgehead atoms. The number of aryl methyl sites for hydroxylation is 3. The van der Waals surface area contributed by atoms with E-state index < -0.39 is 0 Å². The van der Waals surface area contributed by atoms with Gasteiger partial charge in [-0.3, -0.25) is 0 Å². The highest BCUT2D eigenvalue weighted by Gasteiger charge is 2.05. The first-order valence-electron chi connectivity index (χ1n) is 5.90. The zero-order chi connectivity index (χ0) is 13.1. The molecule has 0 spiro atoms. The summed E-state index contributed by atoms with van der Waals surface area (Å²) in [6, 6.07) is 3.93. The predicted molar refractivity (Wildman–Crippen MR) is 70.6 cm³/mol. The van der Waals surface area contributed by atoms with Crippen LogP contribution in [0.1, 0.15) is 28.6 Å². The van der Waals surface area contributed by atoms with Gasteiger partial charge in [0.2, 0.25) is 5.95 Å². The third-order valence-electron chi connectivity index (χ3n) is 2.50. The van der Waals surface area contributed by atoms with Crippen molar-refractivity contribution < 1.29 is 0 Å². The lowest BCUT2D eigenvalue weighted by Gasteiger charge is -2.06. The SMILES string of the molecule is CNc1nc(C)cc(Cc2nc(C)cc(C)n2)n1. The topological polar surface area (TPSA) is 63.6 Å². The lowest BCUT2D eigenvalue weighted by molar-refractivity contribution is 0.887. The standard InChI is InChI=1S/C13H17N5/c1-8-5-9(2)16-12(15-8)7-11-6-10(3)17-13(14-4)18-11/h5-6H,7H2,1-4H3,(H,14,17,18). The van der Waals surface area contributed by atoms with Crippen molar-refractivity contribution >= 4 is 5.95 Å². The fourth-order valence-electron chi connectivity index (χ4n) is 1.88. The van der Waals surface area contributed by atoms with Gasteiger partial charge >= 0.3 is 0 Å². The largest absolute Gasteiger partial charge is 0.357 e. The van der Waals surface area contributed by atoms with Crippen LogP contribution in [0.25, 0.3) is 0 Å². The maximum atomic E-state index is 4.42. The second kappa shape index (κ2) is 5.08. The molecule has 0 aliphatic rings. The van der Waals surface area contributed by atoms with Crippen LogP contribution < -0.4 is 5.32 Å². The molecule has 2 aromatic heterocycles. The Hall–Kier alpha value is -2.04. The van der Waals surface area contributed by atoms with Crippen LogP contribution in [0.15, 0.2) is 12.1 Å². The second-order valence-corrected chi connectivity index (χ2v) is 4.32. The van der Waals surface area contributed by atoms with Crippen molar-refractivity contribution in [3.05, 3.63) is 40.7 Å². The van der Waals surface area contributed by atoms with Crippen molar-refractivity contribution in [1.82, 2.24) is 19.9 Å². The van der Waals surface area contributed by atoms with Crippen LogP contribution in [-0.4, -0.2) is 27.0 Å². The molecule has 1 N–H and O–H groups in total. The van der Waals surface area contributed by atoms with Crippen molar-refractivity contribution in [2.75, 3.05) is 12.4 Å². The monoisotopic (exact) mass is 243 g/mol. The van der Waals surface area contributed by atoms with Crippen molar-refractivity contribution in [1.29, 1.82) is 0 Å². The third kappa shape index (κ3) is 3.00. The van der Waals surface area contributed by atoms with E-state index in [1.807, 2.05) is 40.0 Å². The van der Waals surface area contributed by atoms with Crippen LogP contribution >= 0.6 is 0 Å². The van der Waals surface area contributed by atoms with E-state index in [1.165, 1.54) is 0 Å². The minimum atomic E-state index is 0.626. The van der Waals surface area contributed by atoms with Gasteiger partial charge in [0.25, 0.3) is 0 Å². The molecular formula is C13H17N5. The van der Waals surface area contributed by atoms with Crippen LogP contribution in [0.4, 0.5) is 5.95 Å². The minimum Gasteiger partial charge on any atom is -0.357 e. The predicted octanol–water partition coefficient (Wildman–Crippen LogP) is 1.82. The minimum absolute atomic E-state index is 0.626. The highest BCUT2D eigenvalue weighted by atomic mass is 15.1. The average molecular weight is 243 g/mol. The molecule has 0 fully saturated rings. The first kappa shape index (κ1) is 12.4. The Kier molecular flexibility index (Phi) is 3.50. The fraction of sp³-hybridized carbons (Fsp3) is 0.385. The maximum Gasteiger partial charge on any atom is 0.222 e. The lowest BCUT2D eigenvalue weighted by atomic mass is 10.2. The van der Waals surface area contributed by atoms with Gasteiger partial charge in [-0.05, 0) is 32.9 Å². The number of nitrogens with one attached hydrogen (secondary N) is 1. The Morgan fingerprint density at radius 3 is 2.11 bits per heavy atom. The average Bonchev–Trinajstić information content (AvgIpc) is 2.26. The third-order valence-corrected chi connectivity index (χ3v) is 2.50. The molecule has 0 atom stereocenters. The Morgan fingerprint density at radius 2 is 1.50 bits per heavy atom. The first-order valence-corrected chi connectivity index (χ1v) is 5.90. The van der Waals surface area contributed by atoms with Gasteiger partial charge in [0.15, 0.2) is 0 Å². The molecule has 5 heteroatoms. The Bertz CT molecular complexity index is 545. The zero-order valence-corrected chi connectivity index (χ0v) is 11.2. The normalized spacial score (nSPS) is 10.4. The fourth-order valence-corrected chi connectivity index (χ4v) is 1.88. The van der Waals surface area contributed by atoms with Gasteiger partial charge in [-0.1, -0.05) is 0 Å². The number of anilines is 1. The number of hydrogen-bond donors (Lipinski definition) is 1. The number of hydrogen-bond acceptors (Lipinski definition) is 5. The van der Waals surface area contributed by atoms with Gasteiger partial charge in [0.05, 0.1) is 12.1 Å². The lowest BCUT2D eigenvalue weighted by Crippen LogP contribution is -2.05. The molecule has 0 aliphatic heterocycles. The van der Waals surface area contributed by atoms with Gasteiger partial charge in [-0.25, -0.2) is 19.9 Å². The van der Waals surface area contributed by atoms with Gasteiger partial charge in [0.1, 0.15) is 5.82 Å². The summed E-state index contributed by atoms with van der Waals surface area (Å²) < 4.78 is 0. The van der Waals surface area contributed by atoms with E-state index in [9.17, 15) is 0 Å². The van der Waals surface area contributed by atoms with Gasteiger partial charge < -0.3 is 5.32 Å². The smallest absolute Gasteiger partial charge is 0.222 e. The molecule has 0 aliphatic carbocycles. The molecule has 2 heterocycles. The van der Waals surface area contributed by atoms with Gasteiger partial charge in [0, 0.05) is 24.1 Å². The van der Waals surface area contributed by atoms with E-state index in [2.05, 4.69) is 25.3 Å². The summed E-state index contributed by atoms with van der Waals surface area (Å²) in [5.41, 5.74) is 3.83. The Balaban J connectivity index is 2.30. The van der Waals surface area contributed by atoms with Crippen LogP contribution in [0, 0.1) is 20.8 Å². The molecule has 0 saturated heterocycles. The van der Waals surface area contributed by atoms with Crippen LogP contribution in [-0.2, 0) is 6.42 Å². The summed E-state index contributed by atoms with van der Waals surface area (Å²) in [6.45, 7) is 5.90. The van der Waals surface area contributed by atoms with Crippen molar-refractivity contribution in [2.24, 2.45) is 0 Å². The molecule has 5 nitrogen and oxygen atoms in total. The van der Waals surface area contributed by atoms with Gasteiger partial charge in [-0.2, -0.15) is 0 Å². The molecular weight excluding hydrogens is 226 g/mol. The molecule has 0 radical (unpaired) electrons. The Labute approximate surface area is 107 Å². The maximum absolute atomic E-state index is 4.42. The van der Waals surface area contributed by atoms with Crippen molar-refractivity contribution in [3.63, 3.8) is 0 Å². The number of nitrogens with zero attached hydrogens (tertiary/aromatic N) is 4. The van der Waals surface area contributed by atoms with Crippen LogP contribution in [0.5, 0.6) is 0 Å². The molecule has 0 amide bonds. The quantitative estimate of drug-likeness (QED) is 0.891. The summed E-state index contributed by atoms with van der Waals surface area (Å²) in [4.78, 5) is 17.5. The second-order valence-electron chi connectivity index (χ2n) is 4.32. The highest BCUT2D eigenvalue weighted by Crippen LogP contribution is 2.09. The Morgan fingerprint density at radius 1 is 0.889 bits per heavy atom. The van der Waals surface area contributed by atoms with Crippen LogP contribution in [0.3, 0.4) is 0 Å². The van der Waals surface area contributed by atoms with Gasteiger partial charge in [-0.15, -0.1) is 0 Å². The molecule has 2 aromatic rings.